The number of fused-ring (bicyclic) bond motifs is 1. The van der Waals surface area contributed by atoms with Crippen LogP contribution in [-0.4, -0.2) is 52.6 Å². The third kappa shape index (κ3) is 4.11. The van der Waals surface area contributed by atoms with Gasteiger partial charge in [-0.25, -0.2) is 20.3 Å². The van der Waals surface area contributed by atoms with Crippen LogP contribution in [0.5, 0.6) is 5.75 Å². The number of aromatic nitrogens is 4. The molecule has 1 aromatic carbocycles. The molecule has 32 heavy (non-hydrogen) atoms. The molecule has 1 radical (unpaired) electrons. The van der Waals surface area contributed by atoms with E-state index in [0.717, 1.165) is 53.4 Å². The first-order chi connectivity index (χ1) is 15.6. The molecular weight excluding hydrogens is 494 g/mol. The van der Waals surface area contributed by atoms with Crippen molar-refractivity contribution in [1.29, 1.82) is 0 Å². The van der Waals surface area contributed by atoms with Gasteiger partial charge in [-0.3, -0.25) is 4.40 Å². The summed E-state index contributed by atoms with van der Waals surface area (Å²) in [6, 6.07) is 9.92. The third-order valence-electron chi connectivity index (χ3n) is 5.31. The molecule has 5 rings (SSSR count). The van der Waals surface area contributed by atoms with Crippen molar-refractivity contribution in [3.63, 3.8) is 0 Å². The highest BCUT2D eigenvalue weighted by Crippen LogP contribution is 2.33. The van der Waals surface area contributed by atoms with E-state index in [1.54, 1.807) is 19.5 Å². The van der Waals surface area contributed by atoms with Crippen LogP contribution in [0.15, 0.2) is 53.4 Å². The highest BCUT2D eigenvalue weighted by molar-refractivity contribution is 9.10. The Kier molecular flexibility index (Phi) is 5.86. The van der Waals surface area contributed by atoms with Crippen LogP contribution in [0.2, 0.25) is 5.02 Å². The fraction of sp³-hybridized carbons (Fsp3) is 0.227. The zero-order chi connectivity index (χ0) is 22.1. The van der Waals surface area contributed by atoms with E-state index in [-0.39, 0.29) is 0 Å². The predicted octanol–water partition coefficient (Wildman–Crippen LogP) is 4.38. The average molecular weight is 514 g/mol. The monoisotopic (exact) mass is 512 g/mol. The van der Waals surface area contributed by atoms with Crippen molar-refractivity contribution in [2.24, 2.45) is 0 Å². The number of methoxy groups -OCH3 is 1. The SMILES string of the molecule is COc1cc(N2CC[N]CC2)ccc1Nc1ncc(Cl)c(-c2cnc3ccc(Br)cn23)n1. The molecule has 8 nitrogen and oxygen atoms in total. The quantitative estimate of drug-likeness (QED) is 0.426. The third-order valence-corrected chi connectivity index (χ3v) is 6.05. The van der Waals surface area contributed by atoms with E-state index >= 15 is 0 Å². The van der Waals surface area contributed by atoms with E-state index in [1.807, 2.05) is 34.9 Å². The van der Waals surface area contributed by atoms with Gasteiger partial charge < -0.3 is 15.0 Å². The van der Waals surface area contributed by atoms with Crippen molar-refractivity contribution in [1.82, 2.24) is 24.7 Å². The van der Waals surface area contributed by atoms with Gasteiger partial charge in [-0.1, -0.05) is 11.6 Å². The van der Waals surface area contributed by atoms with Gasteiger partial charge in [0.1, 0.15) is 17.1 Å². The number of ether oxygens (including phenoxy) is 1. The summed E-state index contributed by atoms with van der Waals surface area (Å²) in [4.78, 5) is 15.8. The Morgan fingerprint density at radius 2 is 1.94 bits per heavy atom. The summed E-state index contributed by atoms with van der Waals surface area (Å²) in [5.74, 6) is 1.13. The number of hydrogen-bond acceptors (Lipinski definition) is 6. The maximum absolute atomic E-state index is 6.45. The molecule has 1 N–H and O–H groups in total. The van der Waals surface area contributed by atoms with Crippen LogP contribution in [0, 0.1) is 0 Å². The molecule has 0 saturated carbocycles. The van der Waals surface area contributed by atoms with E-state index in [2.05, 4.69) is 52.5 Å². The fourth-order valence-corrected chi connectivity index (χ4v) is 4.23. The van der Waals surface area contributed by atoms with Gasteiger partial charge in [0.25, 0.3) is 0 Å². The minimum atomic E-state index is 0.414. The van der Waals surface area contributed by atoms with Crippen molar-refractivity contribution in [3.05, 3.63) is 58.4 Å². The molecular formula is C22H20BrClN7O. The van der Waals surface area contributed by atoms with E-state index in [1.165, 1.54) is 0 Å². The lowest BCUT2D eigenvalue weighted by Gasteiger charge is -2.29. The van der Waals surface area contributed by atoms with Crippen molar-refractivity contribution in [2.45, 2.75) is 0 Å². The highest BCUT2D eigenvalue weighted by Gasteiger charge is 2.16. The van der Waals surface area contributed by atoms with Gasteiger partial charge in [0, 0.05) is 48.6 Å². The van der Waals surface area contributed by atoms with Crippen molar-refractivity contribution < 1.29 is 4.74 Å². The van der Waals surface area contributed by atoms with Gasteiger partial charge in [0.05, 0.1) is 35.9 Å². The molecule has 1 aliphatic heterocycles. The Morgan fingerprint density at radius 1 is 1.09 bits per heavy atom. The lowest BCUT2D eigenvalue weighted by atomic mass is 10.2. The van der Waals surface area contributed by atoms with Gasteiger partial charge in [-0.2, -0.15) is 0 Å². The highest BCUT2D eigenvalue weighted by atomic mass is 79.9. The number of anilines is 3. The van der Waals surface area contributed by atoms with Crippen molar-refractivity contribution in [2.75, 3.05) is 43.5 Å². The molecule has 0 aliphatic carbocycles. The zero-order valence-electron chi connectivity index (χ0n) is 17.3. The molecule has 1 saturated heterocycles. The maximum Gasteiger partial charge on any atom is 0.227 e. The van der Waals surface area contributed by atoms with Crippen molar-refractivity contribution >= 4 is 50.5 Å². The van der Waals surface area contributed by atoms with Crippen LogP contribution in [0.3, 0.4) is 0 Å². The number of halogens is 2. The molecule has 10 heteroatoms. The number of hydrogen-bond donors (Lipinski definition) is 1. The van der Waals surface area contributed by atoms with Gasteiger partial charge in [-0.05, 0) is 40.2 Å². The average Bonchev–Trinajstić information content (AvgIpc) is 3.24. The second-order valence-corrected chi connectivity index (χ2v) is 8.60. The number of rotatable bonds is 5. The Morgan fingerprint density at radius 3 is 2.75 bits per heavy atom. The van der Waals surface area contributed by atoms with Crippen LogP contribution >= 0.6 is 27.5 Å². The Balaban J connectivity index is 1.47. The van der Waals surface area contributed by atoms with Crippen LogP contribution < -0.4 is 20.3 Å². The standard InChI is InChI=1S/C22H20BrClN7O/c1-32-19-10-15(30-8-6-25-7-9-30)3-4-17(19)28-22-27-11-16(24)21(29-22)18-12-26-20-5-2-14(23)13-31(18)20/h2-5,10-13H,6-9H2,1H3,(H,27,28,29). The first-order valence-electron chi connectivity index (χ1n) is 10.1. The molecule has 1 aliphatic rings. The normalized spacial score (nSPS) is 14.0. The van der Waals surface area contributed by atoms with Gasteiger partial charge in [0.15, 0.2) is 0 Å². The van der Waals surface area contributed by atoms with Gasteiger partial charge >= 0.3 is 0 Å². The zero-order valence-corrected chi connectivity index (χ0v) is 19.6. The van der Waals surface area contributed by atoms with E-state index < -0.39 is 0 Å². The second-order valence-electron chi connectivity index (χ2n) is 7.28. The first kappa shape index (κ1) is 21.0. The van der Waals surface area contributed by atoms with E-state index in [4.69, 9.17) is 16.3 Å². The molecule has 163 valence electrons. The van der Waals surface area contributed by atoms with Crippen LogP contribution in [0.4, 0.5) is 17.3 Å². The molecule has 1 fully saturated rings. The van der Waals surface area contributed by atoms with E-state index in [9.17, 15) is 0 Å². The second kappa shape index (κ2) is 8.93. The van der Waals surface area contributed by atoms with Gasteiger partial charge in [0.2, 0.25) is 5.95 Å². The van der Waals surface area contributed by atoms with Crippen molar-refractivity contribution in [3.8, 4) is 17.1 Å². The molecule has 3 aromatic heterocycles. The van der Waals surface area contributed by atoms with Crippen LogP contribution in [0.25, 0.3) is 17.0 Å². The smallest absolute Gasteiger partial charge is 0.227 e. The number of piperazine rings is 1. The Labute approximate surface area is 198 Å². The van der Waals surface area contributed by atoms with Crippen LogP contribution in [0.1, 0.15) is 0 Å². The van der Waals surface area contributed by atoms with Gasteiger partial charge in [-0.15, -0.1) is 0 Å². The molecule has 0 unspecified atom stereocenters. The maximum atomic E-state index is 6.45. The molecule has 0 spiro atoms. The number of pyridine rings is 1. The van der Waals surface area contributed by atoms with E-state index in [0.29, 0.717) is 22.4 Å². The summed E-state index contributed by atoms with van der Waals surface area (Å²) >= 11 is 9.95. The fourth-order valence-electron chi connectivity index (χ4n) is 3.70. The number of benzene rings is 1. The molecule has 0 bridgehead atoms. The van der Waals surface area contributed by atoms with Crippen LogP contribution in [-0.2, 0) is 0 Å². The number of nitrogens with zero attached hydrogens (tertiary/aromatic N) is 6. The summed E-state index contributed by atoms with van der Waals surface area (Å²) in [5.41, 5.74) is 4.04. The largest absolute Gasteiger partial charge is 0.494 e. The number of imidazole rings is 1. The minimum absolute atomic E-state index is 0.414. The molecule has 0 amide bonds. The minimum Gasteiger partial charge on any atom is -0.494 e. The summed E-state index contributed by atoms with van der Waals surface area (Å²) < 4.78 is 8.50. The Hall–Kier alpha value is -2.88. The first-order valence-corrected chi connectivity index (χ1v) is 11.3. The predicted molar refractivity (Wildman–Crippen MR) is 129 cm³/mol. The summed E-state index contributed by atoms with van der Waals surface area (Å²) in [6.45, 7) is 3.52. The summed E-state index contributed by atoms with van der Waals surface area (Å²) in [6.07, 6.45) is 5.26. The summed E-state index contributed by atoms with van der Waals surface area (Å²) in [5, 5.41) is 8.11. The number of nitrogens with one attached hydrogen (secondary N) is 1. The molecule has 0 atom stereocenters. The summed E-state index contributed by atoms with van der Waals surface area (Å²) in [7, 11) is 1.65. The Bertz CT molecular complexity index is 1270. The topological polar surface area (TPSA) is 81.7 Å². The molecule has 4 heterocycles. The lowest BCUT2D eigenvalue weighted by molar-refractivity contribution is 0.416. The lowest BCUT2D eigenvalue weighted by Crippen LogP contribution is -2.40. The molecule has 4 aromatic rings.